The molecule has 57 heavy (non-hydrogen) atoms. The Hall–Kier alpha value is -7.55. The fraction of sp³-hybridized carbons (Fsp3) is 0. The van der Waals surface area contributed by atoms with E-state index in [1.165, 1.54) is 0 Å². The van der Waals surface area contributed by atoms with Gasteiger partial charge in [-0.1, -0.05) is 115 Å². The molecule has 0 N–H and O–H groups in total. The Morgan fingerprint density at radius 3 is 1.74 bits per heavy atom. The lowest BCUT2D eigenvalue weighted by Gasteiger charge is -2.10. The Labute approximate surface area is 328 Å². The second-order valence-electron chi connectivity index (χ2n) is 14.0. The number of fused-ring (bicyclic) bond motifs is 9. The first-order chi connectivity index (χ1) is 28.2. The molecule has 0 saturated heterocycles. The molecule has 0 aliphatic rings. The molecular formula is C49H27N5O2S. The fourth-order valence-electron chi connectivity index (χ4n) is 7.92. The van der Waals surface area contributed by atoms with Crippen molar-refractivity contribution in [1.82, 2.24) is 24.9 Å². The van der Waals surface area contributed by atoms with E-state index in [9.17, 15) is 0 Å². The second-order valence-corrected chi connectivity index (χ2v) is 15.1. The lowest BCUT2D eigenvalue weighted by molar-refractivity contribution is 0.663. The van der Waals surface area contributed by atoms with Crippen LogP contribution in [0.25, 0.3) is 121 Å². The molecule has 5 aromatic heterocycles. The Kier molecular flexibility index (Phi) is 6.96. The molecule has 12 rings (SSSR count). The van der Waals surface area contributed by atoms with Gasteiger partial charge in [0.25, 0.3) is 0 Å². The van der Waals surface area contributed by atoms with Crippen LogP contribution >= 0.6 is 11.3 Å². The van der Waals surface area contributed by atoms with Crippen LogP contribution in [-0.2, 0) is 0 Å². The van der Waals surface area contributed by atoms with E-state index >= 15 is 0 Å². The average molecular weight is 750 g/mol. The van der Waals surface area contributed by atoms with Crippen LogP contribution < -0.4 is 0 Å². The van der Waals surface area contributed by atoms with Crippen molar-refractivity contribution < 1.29 is 8.83 Å². The molecule has 266 valence electrons. The predicted octanol–water partition coefficient (Wildman–Crippen LogP) is 13.2. The topological polar surface area (TPSA) is 90.7 Å². The van der Waals surface area contributed by atoms with Crippen LogP contribution in [0.15, 0.2) is 173 Å². The molecule has 0 spiro atoms. The molecule has 7 aromatic carbocycles. The van der Waals surface area contributed by atoms with Gasteiger partial charge in [-0.25, -0.2) is 24.9 Å². The molecule has 0 atom stereocenters. The predicted molar refractivity (Wildman–Crippen MR) is 230 cm³/mol. The van der Waals surface area contributed by atoms with Crippen molar-refractivity contribution in [3.63, 3.8) is 0 Å². The zero-order valence-corrected chi connectivity index (χ0v) is 30.9. The Morgan fingerprint density at radius 2 is 0.965 bits per heavy atom. The number of hydrogen-bond donors (Lipinski definition) is 0. The SMILES string of the molecule is c1ccc(-c2nc(-c3ccccc3)nc(-c3cccc4sc5ccc(-c6nc(-c7cccc8c7oc7ccccc78)c7oc8ccccc8c7n6)cc5c34)n2)cc1. The lowest BCUT2D eigenvalue weighted by Crippen LogP contribution is -2.00. The van der Waals surface area contributed by atoms with Gasteiger partial charge in [0.15, 0.2) is 28.9 Å². The summed E-state index contributed by atoms with van der Waals surface area (Å²) in [5, 5.41) is 5.16. The van der Waals surface area contributed by atoms with E-state index in [2.05, 4.69) is 54.6 Å². The summed E-state index contributed by atoms with van der Waals surface area (Å²) in [4.78, 5) is 25.7. The summed E-state index contributed by atoms with van der Waals surface area (Å²) in [6.45, 7) is 0. The van der Waals surface area contributed by atoms with Crippen molar-refractivity contribution >= 4 is 75.5 Å². The van der Waals surface area contributed by atoms with Crippen LogP contribution in [0.5, 0.6) is 0 Å². The van der Waals surface area contributed by atoms with Gasteiger partial charge in [-0.15, -0.1) is 11.3 Å². The summed E-state index contributed by atoms with van der Waals surface area (Å²) in [5.74, 6) is 2.45. The Balaban J connectivity index is 1.09. The van der Waals surface area contributed by atoms with Crippen molar-refractivity contribution in [3.05, 3.63) is 164 Å². The Morgan fingerprint density at radius 1 is 0.368 bits per heavy atom. The van der Waals surface area contributed by atoms with Crippen LogP contribution in [0, 0.1) is 0 Å². The molecule has 8 heteroatoms. The molecular weight excluding hydrogens is 723 g/mol. The molecule has 0 unspecified atom stereocenters. The van der Waals surface area contributed by atoms with Gasteiger partial charge in [0.1, 0.15) is 28.0 Å². The molecule has 5 heterocycles. The summed E-state index contributed by atoms with van der Waals surface area (Å²) < 4.78 is 15.3. The van der Waals surface area contributed by atoms with Gasteiger partial charge in [-0.3, -0.25) is 0 Å². The molecule has 0 fully saturated rings. The average Bonchev–Trinajstić information content (AvgIpc) is 3.98. The summed E-state index contributed by atoms with van der Waals surface area (Å²) >= 11 is 1.75. The van der Waals surface area contributed by atoms with E-state index in [1.54, 1.807) is 11.3 Å². The normalized spacial score (nSPS) is 11.9. The van der Waals surface area contributed by atoms with Gasteiger partial charge >= 0.3 is 0 Å². The Bertz CT molecular complexity index is 3480. The second kappa shape index (κ2) is 12.5. The molecule has 0 bridgehead atoms. The van der Waals surface area contributed by atoms with E-state index in [0.717, 1.165) is 86.4 Å². The van der Waals surface area contributed by atoms with E-state index in [0.29, 0.717) is 34.6 Å². The van der Waals surface area contributed by atoms with Gasteiger partial charge in [0.05, 0.1) is 0 Å². The zero-order valence-electron chi connectivity index (χ0n) is 30.0. The highest BCUT2D eigenvalue weighted by molar-refractivity contribution is 7.26. The summed E-state index contributed by atoms with van der Waals surface area (Å²) in [6.07, 6.45) is 0. The first-order valence-electron chi connectivity index (χ1n) is 18.7. The maximum atomic E-state index is 6.53. The maximum absolute atomic E-state index is 6.53. The van der Waals surface area contributed by atoms with E-state index in [1.807, 2.05) is 109 Å². The molecule has 12 aromatic rings. The van der Waals surface area contributed by atoms with E-state index < -0.39 is 0 Å². The highest BCUT2D eigenvalue weighted by atomic mass is 32.1. The zero-order chi connectivity index (χ0) is 37.5. The van der Waals surface area contributed by atoms with Gasteiger partial charge in [-0.2, -0.15) is 0 Å². The smallest absolute Gasteiger partial charge is 0.180 e. The monoisotopic (exact) mass is 749 g/mol. The number of furan rings is 2. The number of aromatic nitrogens is 5. The van der Waals surface area contributed by atoms with Crippen LogP contribution in [0.3, 0.4) is 0 Å². The van der Waals surface area contributed by atoms with Gasteiger partial charge in [-0.05, 0) is 48.5 Å². The third-order valence-corrected chi connectivity index (χ3v) is 11.7. The minimum atomic E-state index is 0.591. The van der Waals surface area contributed by atoms with Crippen LogP contribution in [0.1, 0.15) is 0 Å². The number of thiophene rings is 1. The minimum Gasteiger partial charge on any atom is -0.455 e. The number of benzene rings is 7. The van der Waals surface area contributed by atoms with E-state index in [4.69, 9.17) is 33.8 Å². The maximum Gasteiger partial charge on any atom is 0.180 e. The third kappa shape index (κ3) is 5.08. The number of nitrogens with zero attached hydrogens (tertiary/aromatic N) is 5. The molecule has 7 nitrogen and oxygen atoms in total. The van der Waals surface area contributed by atoms with Gasteiger partial charge in [0, 0.05) is 64.1 Å². The summed E-state index contributed by atoms with van der Waals surface area (Å²) in [6, 6.07) is 55.3. The quantitative estimate of drug-likeness (QED) is 0.173. The van der Waals surface area contributed by atoms with Gasteiger partial charge in [0.2, 0.25) is 0 Å². The van der Waals surface area contributed by atoms with Crippen molar-refractivity contribution in [1.29, 1.82) is 0 Å². The van der Waals surface area contributed by atoms with Gasteiger partial charge < -0.3 is 8.83 Å². The highest BCUT2D eigenvalue weighted by Crippen LogP contribution is 2.43. The summed E-state index contributed by atoms with van der Waals surface area (Å²) in [5.41, 5.74) is 8.91. The first-order valence-corrected chi connectivity index (χ1v) is 19.5. The van der Waals surface area contributed by atoms with Crippen LogP contribution in [0.2, 0.25) is 0 Å². The minimum absolute atomic E-state index is 0.591. The van der Waals surface area contributed by atoms with Crippen molar-refractivity contribution in [2.45, 2.75) is 0 Å². The van der Waals surface area contributed by atoms with Crippen LogP contribution in [-0.4, -0.2) is 24.9 Å². The number of hydrogen-bond acceptors (Lipinski definition) is 8. The molecule has 0 saturated carbocycles. The highest BCUT2D eigenvalue weighted by Gasteiger charge is 2.23. The molecule has 0 aliphatic heterocycles. The molecule has 0 amide bonds. The standard InChI is InChI=1S/C49H27N5O2S/c1-3-13-28(14-4-1)46-52-47(29-15-5-2-6-16-29)54-49(53-46)34-20-12-24-40-41(34)36-27-30(25-26-39(36)57-40)48-50-42-33-18-8-10-23-38(33)56-45(42)43(51-48)35-21-11-19-32-31-17-7-9-22-37(31)55-44(32)35/h1-27H. The fourth-order valence-corrected chi connectivity index (χ4v) is 9.03. The first kappa shape index (κ1) is 31.8. The summed E-state index contributed by atoms with van der Waals surface area (Å²) in [7, 11) is 0. The van der Waals surface area contributed by atoms with Crippen molar-refractivity contribution in [2.75, 3.05) is 0 Å². The van der Waals surface area contributed by atoms with E-state index in [-0.39, 0.29) is 0 Å². The van der Waals surface area contributed by atoms with Crippen LogP contribution in [0.4, 0.5) is 0 Å². The van der Waals surface area contributed by atoms with Crippen molar-refractivity contribution in [3.8, 4) is 56.8 Å². The molecule has 0 radical (unpaired) electrons. The largest absolute Gasteiger partial charge is 0.455 e. The third-order valence-electron chi connectivity index (χ3n) is 10.6. The number of para-hydroxylation sites is 3. The number of rotatable bonds is 5. The lowest BCUT2D eigenvalue weighted by atomic mass is 10.0. The van der Waals surface area contributed by atoms with Crippen molar-refractivity contribution in [2.24, 2.45) is 0 Å². The molecule has 0 aliphatic carbocycles.